The summed E-state index contributed by atoms with van der Waals surface area (Å²) in [6.07, 6.45) is 0. The molecule has 0 aliphatic heterocycles. The number of ether oxygens (including phenoxy) is 1. The molecular formula is C27H14N4O. The molecule has 3 aliphatic rings. The van der Waals surface area contributed by atoms with Crippen LogP contribution in [0.5, 0.6) is 5.75 Å². The molecule has 0 saturated heterocycles. The van der Waals surface area contributed by atoms with Gasteiger partial charge in [-0.2, -0.15) is 21.0 Å². The molecule has 0 aromatic heterocycles. The van der Waals surface area contributed by atoms with Gasteiger partial charge in [0, 0.05) is 22.3 Å². The molecule has 3 aromatic rings. The van der Waals surface area contributed by atoms with E-state index in [1.807, 2.05) is 54.6 Å². The van der Waals surface area contributed by atoms with Crippen molar-refractivity contribution >= 4 is 11.1 Å². The van der Waals surface area contributed by atoms with Gasteiger partial charge in [-0.25, -0.2) is 0 Å². The van der Waals surface area contributed by atoms with Gasteiger partial charge in [0.1, 0.15) is 41.2 Å². The Bertz CT molecular complexity index is 1590. The molecule has 0 heterocycles. The maximum absolute atomic E-state index is 9.66. The van der Waals surface area contributed by atoms with Crippen molar-refractivity contribution < 1.29 is 4.74 Å². The minimum absolute atomic E-state index is 0.0118. The van der Waals surface area contributed by atoms with E-state index in [0.717, 1.165) is 39.1 Å². The lowest BCUT2D eigenvalue weighted by Crippen LogP contribution is -2.38. The van der Waals surface area contributed by atoms with Gasteiger partial charge in [-0.05, 0) is 45.5 Å². The van der Waals surface area contributed by atoms with Crippen molar-refractivity contribution in [3.05, 3.63) is 98.4 Å². The molecule has 0 radical (unpaired) electrons. The average molecular weight is 410 g/mol. The molecule has 0 spiro atoms. The van der Waals surface area contributed by atoms with E-state index in [-0.39, 0.29) is 23.0 Å². The highest BCUT2D eigenvalue weighted by atomic mass is 16.5. The number of methoxy groups -OCH3 is 1. The highest BCUT2D eigenvalue weighted by molar-refractivity contribution is 5.80. The summed E-state index contributed by atoms with van der Waals surface area (Å²) in [7, 11) is 1.62. The lowest BCUT2D eigenvalue weighted by Gasteiger charge is -2.42. The van der Waals surface area contributed by atoms with Crippen LogP contribution in [-0.2, 0) is 0 Å². The Morgan fingerprint density at radius 1 is 0.656 bits per heavy atom. The summed E-state index contributed by atoms with van der Waals surface area (Å²) in [5.74, 6) is 0.248. The minimum Gasteiger partial charge on any atom is -0.497 e. The predicted molar refractivity (Wildman–Crippen MR) is 116 cm³/mol. The predicted octanol–water partition coefficient (Wildman–Crippen LogP) is 3.08. The maximum Gasteiger partial charge on any atom is 0.137 e. The number of hydrogen-bond donors (Lipinski definition) is 0. The number of hydrogen-bond acceptors (Lipinski definition) is 5. The van der Waals surface area contributed by atoms with Crippen LogP contribution in [0.2, 0.25) is 0 Å². The van der Waals surface area contributed by atoms with Crippen molar-refractivity contribution in [2.75, 3.05) is 7.11 Å². The van der Waals surface area contributed by atoms with E-state index in [4.69, 9.17) is 4.74 Å². The molecule has 3 aliphatic carbocycles. The molecular weight excluding hydrogens is 396 g/mol. The monoisotopic (exact) mass is 410 g/mol. The van der Waals surface area contributed by atoms with E-state index < -0.39 is 0 Å². The first-order valence-corrected chi connectivity index (χ1v) is 9.96. The first-order valence-electron chi connectivity index (χ1n) is 9.96. The third kappa shape index (κ3) is 2.40. The number of benzene rings is 3. The van der Waals surface area contributed by atoms with Crippen molar-refractivity contribution in [1.82, 2.24) is 0 Å². The van der Waals surface area contributed by atoms with Gasteiger partial charge in [-0.3, -0.25) is 0 Å². The number of rotatable bonds is 1. The Hall–Kier alpha value is -4.84. The van der Waals surface area contributed by atoms with Crippen LogP contribution in [0.4, 0.5) is 0 Å². The van der Waals surface area contributed by atoms with E-state index in [0.29, 0.717) is 10.4 Å². The molecule has 148 valence electrons. The van der Waals surface area contributed by atoms with Crippen LogP contribution in [0.15, 0.2) is 54.6 Å². The first-order chi connectivity index (χ1) is 15.7. The van der Waals surface area contributed by atoms with Crippen LogP contribution in [-0.4, -0.2) is 7.11 Å². The number of nitrogens with zero attached hydrogens (tertiary/aromatic N) is 4. The van der Waals surface area contributed by atoms with E-state index in [9.17, 15) is 21.0 Å². The van der Waals surface area contributed by atoms with Crippen LogP contribution in [0.3, 0.4) is 0 Å². The zero-order valence-electron chi connectivity index (χ0n) is 17.0. The van der Waals surface area contributed by atoms with Crippen LogP contribution >= 0.6 is 0 Å². The average Bonchev–Trinajstić information content (AvgIpc) is 2.85. The van der Waals surface area contributed by atoms with Gasteiger partial charge in [-0.15, -0.1) is 0 Å². The molecule has 0 N–H and O–H groups in total. The molecule has 0 amide bonds. The molecule has 5 nitrogen and oxygen atoms in total. The second-order valence-corrected chi connectivity index (χ2v) is 7.68. The van der Waals surface area contributed by atoms with Crippen molar-refractivity contribution in [1.29, 1.82) is 21.0 Å². The second kappa shape index (κ2) is 7.14. The SMILES string of the molecule is COc1ccc2c(c1)[C@@H]1c3ccccc3[C@@H]2c2c1c(=C(C#N)C#N)ccc2=C(C#N)C#N. The van der Waals surface area contributed by atoms with E-state index in [2.05, 4.69) is 12.1 Å². The molecule has 3 aromatic carbocycles. The van der Waals surface area contributed by atoms with Crippen molar-refractivity contribution in [3.8, 4) is 30.0 Å². The van der Waals surface area contributed by atoms with E-state index in [1.54, 1.807) is 19.2 Å². The van der Waals surface area contributed by atoms with Gasteiger partial charge >= 0.3 is 0 Å². The van der Waals surface area contributed by atoms with Gasteiger partial charge in [0.15, 0.2) is 0 Å². The van der Waals surface area contributed by atoms with Gasteiger partial charge in [-0.1, -0.05) is 42.5 Å². The molecule has 2 atom stereocenters. The normalized spacial score (nSPS) is 16.2. The third-order valence-electron chi connectivity index (χ3n) is 6.38. The Morgan fingerprint density at radius 2 is 1.12 bits per heavy atom. The van der Waals surface area contributed by atoms with Gasteiger partial charge in [0.05, 0.1) is 7.11 Å². The lowest BCUT2D eigenvalue weighted by atomic mass is 9.60. The standard InChI is InChI=1S/C27H14N4O/c1-32-17-6-7-22-23(10-17)25-21-5-3-2-4-20(21)24(22)26-18(15(11-28)12-29)8-9-19(27(25)26)16(13-30)14-31/h2-10,24-25H,1H3/t24-,25-/m0/s1. The van der Waals surface area contributed by atoms with Crippen LogP contribution < -0.4 is 15.2 Å². The lowest BCUT2D eigenvalue weighted by molar-refractivity contribution is 0.413. The smallest absolute Gasteiger partial charge is 0.137 e. The second-order valence-electron chi connectivity index (χ2n) is 7.68. The van der Waals surface area contributed by atoms with Crippen molar-refractivity contribution in [3.63, 3.8) is 0 Å². The minimum atomic E-state index is -0.249. The Morgan fingerprint density at radius 3 is 1.59 bits per heavy atom. The highest BCUT2D eigenvalue weighted by Gasteiger charge is 2.43. The third-order valence-corrected chi connectivity index (χ3v) is 6.38. The fourth-order valence-corrected chi connectivity index (χ4v) is 5.17. The molecule has 0 unspecified atom stereocenters. The Balaban J connectivity index is 2.06. The summed E-state index contributed by atoms with van der Waals surface area (Å²) in [6.45, 7) is 0. The molecule has 6 rings (SSSR count). The van der Waals surface area contributed by atoms with E-state index in [1.165, 1.54) is 0 Å². The van der Waals surface area contributed by atoms with Crippen molar-refractivity contribution in [2.45, 2.75) is 11.8 Å². The topological polar surface area (TPSA) is 104 Å². The van der Waals surface area contributed by atoms with Gasteiger partial charge in [0.2, 0.25) is 0 Å². The zero-order valence-corrected chi connectivity index (χ0v) is 17.0. The molecule has 0 fully saturated rings. The summed E-state index contributed by atoms with van der Waals surface area (Å²) in [6, 6.07) is 25.5. The largest absolute Gasteiger partial charge is 0.497 e. The summed E-state index contributed by atoms with van der Waals surface area (Å²) in [4.78, 5) is 0. The summed E-state index contributed by atoms with van der Waals surface area (Å²) in [5, 5.41) is 39.7. The summed E-state index contributed by atoms with van der Waals surface area (Å²) >= 11 is 0. The zero-order chi connectivity index (χ0) is 22.4. The summed E-state index contributed by atoms with van der Waals surface area (Å²) in [5.41, 5.74) is 5.98. The molecule has 32 heavy (non-hydrogen) atoms. The highest BCUT2D eigenvalue weighted by Crippen LogP contribution is 2.54. The van der Waals surface area contributed by atoms with Gasteiger partial charge < -0.3 is 4.74 Å². The van der Waals surface area contributed by atoms with E-state index >= 15 is 0 Å². The molecule has 5 heteroatoms. The fourth-order valence-electron chi connectivity index (χ4n) is 5.17. The molecule has 0 saturated carbocycles. The van der Waals surface area contributed by atoms with Crippen LogP contribution in [0, 0.1) is 45.3 Å². The van der Waals surface area contributed by atoms with Crippen molar-refractivity contribution in [2.24, 2.45) is 0 Å². The van der Waals surface area contributed by atoms with Gasteiger partial charge in [0.25, 0.3) is 0 Å². The fraction of sp³-hybridized carbons (Fsp3) is 0.111. The quantitative estimate of drug-likeness (QED) is 0.422. The first kappa shape index (κ1) is 19.1. The number of nitriles is 4. The maximum atomic E-state index is 9.66. The molecule has 2 bridgehead atoms. The van der Waals surface area contributed by atoms with Crippen LogP contribution in [0.1, 0.15) is 45.2 Å². The Kier molecular flexibility index (Phi) is 4.27. The Labute approximate surface area is 184 Å². The summed E-state index contributed by atoms with van der Waals surface area (Å²) < 4.78 is 5.48. The van der Waals surface area contributed by atoms with Crippen LogP contribution in [0.25, 0.3) is 11.1 Å².